The van der Waals surface area contributed by atoms with Crippen LogP contribution in [0, 0.1) is 0 Å². The van der Waals surface area contributed by atoms with Crippen molar-refractivity contribution in [3.63, 3.8) is 0 Å². The van der Waals surface area contributed by atoms with Crippen molar-refractivity contribution < 1.29 is 13.2 Å². The van der Waals surface area contributed by atoms with E-state index in [4.69, 9.17) is 11.6 Å². The van der Waals surface area contributed by atoms with E-state index >= 15 is 0 Å². The van der Waals surface area contributed by atoms with Gasteiger partial charge in [0, 0.05) is 42.3 Å². The van der Waals surface area contributed by atoms with E-state index in [1.807, 2.05) is 42.1 Å². The van der Waals surface area contributed by atoms with E-state index in [1.54, 1.807) is 29.2 Å². The molecule has 3 aromatic rings. The number of aryl methyl sites for hydroxylation is 1. The van der Waals surface area contributed by atoms with E-state index in [2.05, 4.69) is 0 Å². The Kier molecular flexibility index (Phi) is 5.40. The summed E-state index contributed by atoms with van der Waals surface area (Å²) in [5.41, 5.74) is 2.66. The zero-order chi connectivity index (χ0) is 20.6. The number of para-hydroxylation sites is 1. The van der Waals surface area contributed by atoms with Crippen LogP contribution < -0.4 is 0 Å². The molecule has 1 aromatic heterocycles. The minimum atomic E-state index is -3.39. The molecule has 1 aliphatic heterocycles. The van der Waals surface area contributed by atoms with E-state index in [0.29, 0.717) is 23.6 Å². The molecule has 0 N–H and O–H groups in total. The molecule has 0 unspecified atom stereocenters. The summed E-state index contributed by atoms with van der Waals surface area (Å²) in [6, 6.07) is 15.0. The lowest BCUT2D eigenvalue weighted by Gasteiger charge is -2.20. The first kappa shape index (κ1) is 20.0. The molecule has 0 saturated carbocycles. The minimum absolute atomic E-state index is 0.0450. The van der Waals surface area contributed by atoms with Crippen LogP contribution in [0.3, 0.4) is 0 Å². The second kappa shape index (κ2) is 7.84. The van der Waals surface area contributed by atoms with Gasteiger partial charge in [0.05, 0.1) is 17.4 Å². The number of hydrogen-bond donors (Lipinski definition) is 0. The normalized spacial score (nSPS) is 19.2. The van der Waals surface area contributed by atoms with Gasteiger partial charge in [-0.3, -0.25) is 4.79 Å². The molecule has 0 bridgehead atoms. The Morgan fingerprint density at radius 3 is 2.62 bits per heavy atom. The Bertz CT molecular complexity index is 1170. The maximum Gasteiger partial charge on any atom is 0.227 e. The second-order valence-corrected chi connectivity index (χ2v) is 10.2. The predicted octanol–water partition coefficient (Wildman–Crippen LogP) is 3.76. The molecule has 2 aromatic carbocycles. The third-order valence-corrected chi connectivity index (χ3v) is 8.12. The van der Waals surface area contributed by atoms with Crippen LogP contribution in [0.15, 0.2) is 54.7 Å². The highest BCUT2D eigenvalue weighted by Gasteiger charge is 2.33. The van der Waals surface area contributed by atoms with Crippen LogP contribution in [0.4, 0.5) is 0 Å². The number of fused-ring (bicyclic) bond motifs is 1. The first-order valence-electron chi connectivity index (χ1n) is 9.63. The van der Waals surface area contributed by atoms with Gasteiger partial charge in [-0.05, 0) is 29.7 Å². The van der Waals surface area contributed by atoms with Crippen molar-refractivity contribution in [1.82, 2.24) is 9.47 Å². The average molecular weight is 431 g/mol. The number of amides is 1. The van der Waals surface area contributed by atoms with Gasteiger partial charge in [0.25, 0.3) is 0 Å². The molecule has 1 amide bonds. The van der Waals surface area contributed by atoms with Gasteiger partial charge in [-0.25, -0.2) is 8.42 Å². The van der Waals surface area contributed by atoms with E-state index < -0.39 is 15.1 Å². The van der Waals surface area contributed by atoms with E-state index in [9.17, 15) is 13.2 Å². The molecule has 29 heavy (non-hydrogen) atoms. The molecule has 1 fully saturated rings. The molecule has 7 heteroatoms. The van der Waals surface area contributed by atoms with Crippen molar-refractivity contribution >= 4 is 38.2 Å². The maximum atomic E-state index is 13.0. The number of halogens is 1. The first-order valence-corrected chi connectivity index (χ1v) is 11.7. The van der Waals surface area contributed by atoms with Gasteiger partial charge in [-0.2, -0.15) is 0 Å². The molecule has 5 nitrogen and oxygen atoms in total. The Labute approximate surface area is 175 Å². The third-order valence-electron chi connectivity index (χ3n) is 5.67. The SMILES string of the molecule is Cn1cc(CC(=O)N2CC[C@@H](c3ccccc3Cl)S(=O)(=O)CC2)c2ccccc21. The van der Waals surface area contributed by atoms with Crippen LogP contribution in [-0.2, 0) is 28.1 Å². The molecule has 152 valence electrons. The van der Waals surface area contributed by atoms with Crippen LogP contribution in [0.1, 0.15) is 22.8 Å². The highest BCUT2D eigenvalue weighted by molar-refractivity contribution is 7.91. The number of sulfone groups is 1. The Morgan fingerprint density at radius 1 is 1.10 bits per heavy atom. The predicted molar refractivity (Wildman–Crippen MR) is 116 cm³/mol. The quantitative estimate of drug-likeness (QED) is 0.635. The van der Waals surface area contributed by atoms with Gasteiger partial charge in [-0.15, -0.1) is 0 Å². The molecular formula is C22H23ClN2O3S. The minimum Gasteiger partial charge on any atom is -0.350 e. The molecule has 0 radical (unpaired) electrons. The van der Waals surface area contributed by atoms with Crippen molar-refractivity contribution in [2.24, 2.45) is 7.05 Å². The number of benzene rings is 2. The zero-order valence-corrected chi connectivity index (χ0v) is 17.8. The smallest absolute Gasteiger partial charge is 0.227 e. The lowest BCUT2D eigenvalue weighted by molar-refractivity contribution is -0.130. The fourth-order valence-corrected chi connectivity index (χ4v) is 6.27. The van der Waals surface area contributed by atoms with Gasteiger partial charge in [0.2, 0.25) is 5.91 Å². The fourth-order valence-electron chi connectivity index (χ4n) is 4.12. The van der Waals surface area contributed by atoms with E-state index in [0.717, 1.165) is 16.5 Å². The Balaban J connectivity index is 1.54. The first-order chi connectivity index (χ1) is 13.9. The fraction of sp³-hybridized carbons (Fsp3) is 0.318. The highest BCUT2D eigenvalue weighted by atomic mass is 35.5. The summed E-state index contributed by atoms with van der Waals surface area (Å²) in [5.74, 6) is -0.0965. The van der Waals surface area contributed by atoms with Crippen LogP contribution in [0.5, 0.6) is 0 Å². The summed E-state index contributed by atoms with van der Waals surface area (Å²) in [5, 5.41) is 0.836. The summed E-state index contributed by atoms with van der Waals surface area (Å²) in [6.07, 6.45) is 2.59. The lowest BCUT2D eigenvalue weighted by atomic mass is 10.1. The summed E-state index contributed by atoms with van der Waals surface area (Å²) in [4.78, 5) is 14.7. The number of aromatic nitrogens is 1. The van der Waals surface area contributed by atoms with Crippen molar-refractivity contribution in [2.45, 2.75) is 18.1 Å². The topological polar surface area (TPSA) is 59.4 Å². The Morgan fingerprint density at radius 2 is 1.83 bits per heavy atom. The van der Waals surface area contributed by atoms with Crippen LogP contribution in [0.25, 0.3) is 10.9 Å². The number of carbonyl (C=O) groups excluding carboxylic acids is 1. The highest BCUT2D eigenvalue weighted by Crippen LogP contribution is 2.34. The number of carbonyl (C=O) groups is 1. The molecule has 2 heterocycles. The monoisotopic (exact) mass is 430 g/mol. The molecule has 0 aliphatic carbocycles. The number of nitrogens with zero attached hydrogens (tertiary/aromatic N) is 2. The van der Waals surface area contributed by atoms with Gasteiger partial charge < -0.3 is 9.47 Å². The van der Waals surface area contributed by atoms with Crippen LogP contribution in [-0.4, -0.2) is 42.6 Å². The molecule has 0 spiro atoms. The van der Waals surface area contributed by atoms with Gasteiger partial charge in [0.15, 0.2) is 9.84 Å². The van der Waals surface area contributed by atoms with Crippen molar-refractivity contribution in [1.29, 1.82) is 0 Å². The van der Waals surface area contributed by atoms with Gasteiger partial charge in [-0.1, -0.05) is 48.0 Å². The Hall–Kier alpha value is -2.31. The number of hydrogen-bond acceptors (Lipinski definition) is 3. The maximum absolute atomic E-state index is 13.0. The molecular weight excluding hydrogens is 408 g/mol. The van der Waals surface area contributed by atoms with Crippen LogP contribution in [0.2, 0.25) is 5.02 Å². The summed E-state index contributed by atoms with van der Waals surface area (Å²) in [6.45, 7) is 0.617. The molecule has 1 saturated heterocycles. The zero-order valence-electron chi connectivity index (χ0n) is 16.2. The van der Waals surface area contributed by atoms with Gasteiger partial charge in [0.1, 0.15) is 0 Å². The van der Waals surface area contributed by atoms with Crippen molar-refractivity contribution in [3.05, 3.63) is 70.9 Å². The standard InChI is InChI=1S/C22H23ClN2O3S/c1-24-15-16(17-6-3-5-9-20(17)24)14-22(26)25-11-10-21(29(27,28)13-12-25)18-7-2-4-8-19(18)23/h2-9,15,21H,10-14H2,1H3/t21-/m0/s1. The van der Waals surface area contributed by atoms with Gasteiger partial charge >= 0.3 is 0 Å². The summed E-state index contributed by atoms with van der Waals surface area (Å²) in [7, 11) is -1.43. The number of rotatable bonds is 3. The van der Waals surface area contributed by atoms with Crippen molar-refractivity contribution in [3.8, 4) is 0 Å². The molecule has 1 atom stereocenters. The third kappa shape index (κ3) is 3.91. The summed E-state index contributed by atoms with van der Waals surface area (Å²) < 4.78 is 27.7. The van der Waals surface area contributed by atoms with E-state index in [-0.39, 0.29) is 24.6 Å². The van der Waals surface area contributed by atoms with Crippen LogP contribution >= 0.6 is 11.6 Å². The van der Waals surface area contributed by atoms with Crippen molar-refractivity contribution in [2.75, 3.05) is 18.8 Å². The average Bonchev–Trinajstić information content (AvgIpc) is 2.91. The molecule has 1 aliphatic rings. The summed E-state index contributed by atoms with van der Waals surface area (Å²) >= 11 is 6.25. The van der Waals surface area contributed by atoms with E-state index in [1.165, 1.54) is 0 Å². The second-order valence-electron chi connectivity index (χ2n) is 7.51. The lowest BCUT2D eigenvalue weighted by Crippen LogP contribution is -2.34. The largest absolute Gasteiger partial charge is 0.350 e. The molecule has 4 rings (SSSR count).